The summed E-state index contributed by atoms with van der Waals surface area (Å²) in [5.41, 5.74) is 1.74. The number of hydrogen-bond donors (Lipinski definition) is 1. The van der Waals surface area contributed by atoms with E-state index in [9.17, 15) is 4.79 Å². The maximum absolute atomic E-state index is 11.3. The van der Waals surface area contributed by atoms with Crippen molar-refractivity contribution in [3.63, 3.8) is 0 Å². The number of fused-ring (bicyclic) bond motifs is 1. The molecule has 0 unspecified atom stereocenters. The maximum Gasteiger partial charge on any atom is 0.249 e. The molecule has 0 saturated heterocycles. The van der Waals surface area contributed by atoms with Crippen LogP contribution in [0.1, 0.15) is 19.4 Å². The first-order valence-corrected chi connectivity index (χ1v) is 5.13. The average Bonchev–Trinajstić information content (AvgIpc) is 2.48. The van der Waals surface area contributed by atoms with Gasteiger partial charge in [-0.25, -0.2) is 4.68 Å². The molecule has 0 saturated carbocycles. The molecule has 0 amide bonds. The third kappa shape index (κ3) is 1.79. The Morgan fingerprint density at radius 3 is 2.93 bits per heavy atom. The minimum Gasteiger partial charge on any atom is -0.307 e. The summed E-state index contributed by atoms with van der Waals surface area (Å²) in [5.74, 6) is 0.511. The number of aromatic amines is 1. The molecule has 0 radical (unpaired) electrons. The molecule has 0 spiro atoms. The van der Waals surface area contributed by atoms with Crippen molar-refractivity contribution in [1.82, 2.24) is 14.8 Å². The summed E-state index contributed by atoms with van der Waals surface area (Å²) in [6.45, 7) is 7.00. The standard InChI is InChI=1S/C11H15N3O/c1-7(2)6-14-11-9(5-12-14)8(3)4-10(15)13-11/h4-5,7H,6H2,1-3H3,(H,13,15). The van der Waals surface area contributed by atoms with Crippen LogP contribution in [-0.2, 0) is 6.54 Å². The Morgan fingerprint density at radius 2 is 2.27 bits per heavy atom. The quantitative estimate of drug-likeness (QED) is 0.811. The van der Waals surface area contributed by atoms with E-state index < -0.39 is 0 Å². The van der Waals surface area contributed by atoms with E-state index in [1.54, 1.807) is 6.07 Å². The van der Waals surface area contributed by atoms with Gasteiger partial charge in [0.2, 0.25) is 5.56 Å². The van der Waals surface area contributed by atoms with Gasteiger partial charge in [-0.1, -0.05) is 13.8 Å². The fraction of sp³-hybridized carbons (Fsp3) is 0.455. The van der Waals surface area contributed by atoms with Crippen LogP contribution in [0.25, 0.3) is 11.0 Å². The molecule has 0 aliphatic heterocycles. The molecule has 0 aliphatic rings. The molecule has 1 N–H and O–H groups in total. The van der Waals surface area contributed by atoms with Gasteiger partial charge in [0.1, 0.15) is 5.65 Å². The van der Waals surface area contributed by atoms with Gasteiger partial charge in [0.25, 0.3) is 0 Å². The van der Waals surface area contributed by atoms with E-state index in [-0.39, 0.29) is 5.56 Å². The van der Waals surface area contributed by atoms with Crippen molar-refractivity contribution in [3.05, 3.63) is 28.2 Å². The van der Waals surface area contributed by atoms with Crippen molar-refractivity contribution in [1.29, 1.82) is 0 Å². The van der Waals surface area contributed by atoms with Gasteiger partial charge >= 0.3 is 0 Å². The van der Waals surface area contributed by atoms with Crippen LogP contribution in [0.15, 0.2) is 17.1 Å². The van der Waals surface area contributed by atoms with Crippen molar-refractivity contribution >= 4 is 11.0 Å². The van der Waals surface area contributed by atoms with Gasteiger partial charge in [-0.2, -0.15) is 5.10 Å². The largest absolute Gasteiger partial charge is 0.307 e. The van der Waals surface area contributed by atoms with Crippen molar-refractivity contribution in [2.24, 2.45) is 5.92 Å². The Balaban J connectivity index is 2.63. The summed E-state index contributed by atoms with van der Waals surface area (Å²) >= 11 is 0. The highest BCUT2D eigenvalue weighted by Crippen LogP contribution is 2.14. The van der Waals surface area contributed by atoms with Crippen LogP contribution in [0.4, 0.5) is 0 Å². The number of pyridine rings is 1. The number of aryl methyl sites for hydroxylation is 1. The first-order chi connectivity index (χ1) is 7.08. The second-order valence-corrected chi connectivity index (χ2v) is 4.30. The fourth-order valence-corrected chi connectivity index (χ4v) is 1.72. The lowest BCUT2D eigenvalue weighted by Crippen LogP contribution is -2.11. The molecule has 2 aromatic heterocycles. The topological polar surface area (TPSA) is 50.7 Å². The fourth-order valence-electron chi connectivity index (χ4n) is 1.72. The zero-order chi connectivity index (χ0) is 11.0. The molecule has 2 rings (SSSR count). The number of hydrogen-bond acceptors (Lipinski definition) is 2. The van der Waals surface area contributed by atoms with E-state index in [1.807, 2.05) is 17.8 Å². The Hall–Kier alpha value is -1.58. The summed E-state index contributed by atoms with van der Waals surface area (Å²) in [6, 6.07) is 1.60. The Kier molecular flexibility index (Phi) is 2.34. The van der Waals surface area contributed by atoms with Gasteiger partial charge in [0, 0.05) is 18.0 Å². The van der Waals surface area contributed by atoms with Crippen molar-refractivity contribution in [2.45, 2.75) is 27.3 Å². The lowest BCUT2D eigenvalue weighted by molar-refractivity contribution is 0.492. The highest BCUT2D eigenvalue weighted by atomic mass is 16.1. The minimum absolute atomic E-state index is 0.0643. The molecule has 0 aliphatic carbocycles. The van der Waals surface area contributed by atoms with Crippen molar-refractivity contribution in [3.8, 4) is 0 Å². The highest BCUT2D eigenvalue weighted by Gasteiger charge is 2.07. The number of rotatable bonds is 2. The Bertz CT molecular complexity index is 536. The molecule has 80 valence electrons. The second-order valence-electron chi connectivity index (χ2n) is 4.30. The summed E-state index contributed by atoms with van der Waals surface area (Å²) in [4.78, 5) is 14.2. The number of aromatic nitrogens is 3. The van der Waals surface area contributed by atoms with Crippen LogP contribution in [-0.4, -0.2) is 14.8 Å². The molecule has 2 aromatic rings. The zero-order valence-electron chi connectivity index (χ0n) is 9.24. The molecule has 0 aromatic carbocycles. The van der Waals surface area contributed by atoms with Crippen LogP contribution >= 0.6 is 0 Å². The van der Waals surface area contributed by atoms with E-state index in [2.05, 4.69) is 23.9 Å². The van der Waals surface area contributed by atoms with Crippen LogP contribution in [0.2, 0.25) is 0 Å². The van der Waals surface area contributed by atoms with Crippen LogP contribution in [0.3, 0.4) is 0 Å². The summed E-state index contributed by atoms with van der Waals surface area (Å²) in [7, 11) is 0. The maximum atomic E-state index is 11.3. The van der Waals surface area contributed by atoms with Gasteiger partial charge in [0.05, 0.1) is 6.20 Å². The predicted octanol–water partition coefficient (Wildman–Crippen LogP) is 1.69. The summed E-state index contributed by atoms with van der Waals surface area (Å²) < 4.78 is 1.86. The number of H-pyrrole nitrogens is 1. The first kappa shape index (κ1) is 9.96. The predicted molar refractivity (Wildman–Crippen MR) is 59.9 cm³/mol. The molecule has 15 heavy (non-hydrogen) atoms. The second kappa shape index (κ2) is 3.53. The summed E-state index contributed by atoms with van der Waals surface area (Å²) in [5, 5.41) is 5.31. The lowest BCUT2D eigenvalue weighted by Gasteiger charge is -2.06. The molecule has 2 heterocycles. The normalized spacial score (nSPS) is 11.5. The molecular weight excluding hydrogens is 190 g/mol. The number of nitrogens with zero attached hydrogens (tertiary/aromatic N) is 2. The van der Waals surface area contributed by atoms with Crippen molar-refractivity contribution < 1.29 is 0 Å². The lowest BCUT2D eigenvalue weighted by atomic mass is 10.2. The van der Waals surface area contributed by atoms with Crippen molar-refractivity contribution in [2.75, 3.05) is 0 Å². The van der Waals surface area contributed by atoms with E-state index >= 15 is 0 Å². The highest BCUT2D eigenvalue weighted by molar-refractivity contribution is 5.77. The first-order valence-electron chi connectivity index (χ1n) is 5.13. The SMILES string of the molecule is Cc1cc(=O)[nH]c2c1cnn2CC(C)C. The average molecular weight is 205 g/mol. The van der Waals surface area contributed by atoms with Crippen LogP contribution in [0, 0.1) is 12.8 Å². The van der Waals surface area contributed by atoms with E-state index in [1.165, 1.54) is 0 Å². The van der Waals surface area contributed by atoms with E-state index in [0.29, 0.717) is 5.92 Å². The molecule has 0 fully saturated rings. The van der Waals surface area contributed by atoms with Gasteiger partial charge in [0.15, 0.2) is 0 Å². The Morgan fingerprint density at radius 1 is 1.53 bits per heavy atom. The monoisotopic (exact) mass is 205 g/mol. The van der Waals surface area contributed by atoms with Crippen LogP contribution in [0.5, 0.6) is 0 Å². The molecule has 0 bridgehead atoms. The minimum atomic E-state index is -0.0643. The van der Waals surface area contributed by atoms with Gasteiger partial charge < -0.3 is 4.98 Å². The van der Waals surface area contributed by atoms with E-state index in [0.717, 1.165) is 23.1 Å². The Labute approximate surface area is 87.9 Å². The van der Waals surface area contributed by atoms with Gasteiger partial charge in [-0.3, -0.25) is 4.79 Å². The van der Waals surface area contributed by atoms with E-state index in [4.69, 9.17) is 0 Å². The van der Waals surface area contributed by atoms with Gasteiger partial charge in [-0.15, -0.1) is 0 Å². The summed E-state index contributed by atoms with van der Waals surface area (Å²) in [6.07, 6.45) is 1.81. The van der Waals surface area contributed by atoms with Crippen LogP contribution < -0.4 is 5.56 Å². The molecule has 0 atom stereocenters. The molecule has 4 heteroatoms. The number of nitrogens with one attached hydrogen (secondary N) is 1. The third-order valence-corrected chi connectivity index (χ3v) is 2.39. The smallest absolute Gasteiger partial charge is 0.249 e. The third-order valence-electron chi connectivity index (χ3n) is 2.39. The zero-order valence-corrected chi connectivity index (χ0v) is 9.24. The van der Waals surface area contributed by atoms with Gasteiger partial charge in [-0.05, 0) is 18.4 Å². The molecular formula is C11H15N3O. The molecule has 4 nitrogen and oxygen atoms in total.